The molecule has 1 amide bonds. The predicted octanol–water partition coefficient (Wildman–Crippen LogP) is 2.06. The number of nitrogens with zero attached hydrogens (tertiary/aromatic N) is 1. The van der Waals surface area contributed by atoms with Crippen molar-refractivity contribution in [1.82, 2.24) is 15.6 Å². The number of carbonyl (C=O) groups is 2. The maximum atomic E-state index is 12.6. The van der Waals surface area contributed by atoms with Crippen LogP contribution < -0.4 is 10.6 Å². The summed E-state index contributed by atoms with van der Waals surface area (Å²) in [7, 11) is 0. The largest absolute Gasteiger partial charge is 0.349 e. The van der Waals surface area contributed by atoms with Crippen LogP contribution in [0.5, 0.6) is 0 Å². The molecule has 1 aliphatic heterocycles. The number of aromatic nitrogens is 1. The summed E-state index contributed by atoms with van der Waals surface area (Å²) in [6.45, 7) is 0.762. The highest BCUT2D eigenvalue weighted by Crippen LogP contribution is 2.29. The topological polar surface area (TPSA) is 71.1 Å². The van der Waals surface area contributed by atoms with Gasteiger partial charge in [-0.25, -0.2) is 0 Å². The van der Waals surface area contributed by atoms with Crippen LogP contribution in [0.4, 0.5) is 0 Å². The van der Waals surface area contributed by atoms with E-state index < -0.39 is 0 Å². The molecule has 0 radical (unpaired) electrons. The van der Waals surface area contributed by atoms with E-state index in [1.807, 2.05) is 24.3 Å². The van der Waals surface area contributed by atoms with Crippen LogP contribution in [-0.2, 0) is 4.79 Å². The number of carbonyl (C=O) groups excluding carboxylic acids is 2. The van der Waals surface area contributed by atoms with Crippen LogP contribution in [0.3, 0.4) is 0 Å². The Morgan fingerprint density at radius 2 is 2.12 bits per heavy atom. The van der Waals surface area contributed by atoms with Crippen LogP contribution in [0.25, 0.3) is 10.8 Å². The first-order valence-corrected chi connectivity index (χ1v) is 8.61. The van der Waals surface area contributed by atoms with E-state index in [-0.39, 0.29) is 23.9 Å². The fourth-order valence-corrected chi connectivity index (χ4v) is 3.97. The molecule has 1 saturated carbocycles. The van der Waals surface area contributed by atoms with Crippen molar-refractivity contribution in [3.8, 4) is 0 Å². The normalized spacial score (nSPS) is 26.8. The van der Waals surface area contributed by atoms with Crippen LogP contribution in [0, 0.1) is 5.92 Å². The summed E-state index contributed by atoms with van der Waals surface area (Å²) in [5, 5.41) is 8.62. The smallest absolute Gasteiger partial charge is 0.251 e. The van der Waals surface area contributed by atoms with Gasteiger partial charge in [0.05, 0.1) is 0 Å². The van der Waals surface area contributed by atoms with Crippen molar-refractivity contribution in [3.63, 3.8) is 0 Å². The number of rotatable bonds is 2. The molecule has 1 aromatic carbocycles. The molecule has 2 heterocycles. The molecule has 0 bridgehead atoms. The minimum absolute atomic E-state index is 0.0497. The summed E-state index contributed by atoms with van der Waals surface area (Å²) in [6.07, 6.45) is 6.73. The number of Topliss-reactive ketones (excluding diaryl/α,β-unsaturated/α-hetero) is 1. The minimum Gasteiger partial charge on any atom is -0.349 e. The Morgan fingerprint density at radius 1 is 1.21 bits per heavy atom. The highest BCUT2D eigenvalue weighted by molar-refractivity contribution is 5.98. The molecule has 3 unspecified atom stereocenters. The molecule has 1 aromatic heterocycles. The Kier molecular flexibility index (Phi) is 4.02. The lowest BCUT2D eigenvalue weighted by molar-refractivity contribution is -0.126. The molecule has 1 aliphatic carbocycles. The van der Waals surface area contributed by atoms with Gasteiger partial charge < -0.3 is 10.6 Å². The quantitative estimate of drug-likeness (QED) is 0.887. The first-order chi connectivity index (χ1) is 11.7. The van der Waals surface area contributed by atoms with Crippen LogP contribution in [0.2, 0.25) is 0 Å². The molecular formula is C19H21N3O2. The highest BCUT2D eigenvalue weighted by atomic mass is 16.1. The van der Waals surface area contributed by atoms with Gasteiger partial charge in [-0.3, -0.25) is 14.6 Å². The van der Waals surface area contributed by atoms with Crippen molar-refractivity contribution >= 4 is 22.5 Å². The lowest BCUT2D eigenvalue weighted by atomic mass is 9.76. The molecule has 1 saturated heterocycles. The van der Waals surface area contributed by atoms with E-state index in [0.717, 1.165) is 36.6 Å². The van der Waals surface area contributed by atoms with Gasteiger partial charge in [0.25, 0.3) is 5.91 Å². The zero-order valence-corrected chi connectivity index (χ0v) is 13.5. The predicted molar refractivity (Wildman–Crippen MR) is 91.8 cm³/mol. The van der Waals surface area contributed by atoms with Gasteiger partial charge in [-0.2, -0.15) is 0 Å². The molecule has 2 aromatic rings. The van der Waals surface area contributed by atoms with Gasteiger partial charge in [0.1, 0.15) is 5.78 Å². The lowest BCUT2D eigenvalue weighted by Gasteiger charge is -2.39. The summed E-state index contributed by atoms with van der Waals surface area (Å²) in [6, 6.07) is 7.96. The minimum atomic E-state index is -0.0497. The Balaban J connectivity index is 1.44. The van der Waals surface area contributed by atoms with E-state index in [1.165, 1.54) is 0 Å². The van der Waals surface area contributed by atoms with Gasteiger partial charge in [0.15, 0.2) is 0 Å². The van der Waals surface area contributed by atoms with E-state index >= 15 is 0 Å². The highest BCUT2D eigenvalue weighted by Gasteiger charge is 2.37. The number of pyridine rings is 1. The van der Waals surface area contributed by atoms with E-state index in [9.17, 15) is 9.59 Å². The average Bonchev–Trinajstić information content (AvgIpc) is 2.61. The van der Waals surface area contributed by atoms with Gasteiger partial charge in [-0.1, -0.05) is 6.07 Å². The molecule has 3 atom stereocenters. The van der Waals surface area contributed by atoms with Crippen molar-refractivity contribution in [2.45, 2.75) is 37.8 Å². The number of ketones is 1. The Morgan fingerprint density at radius 3 is 3.04 bits per heavy atom. The van der Waals surface area contributed by atoms with Gasteiger partial charge in [0.2, 0.25) is 0 Å². The molecule has 5 nitrogen and oxygen atoms in total. The fraction of sp³-hybridized carbons (Fsp3) is 0.421. The number of benzene rings is 1. The molecule has 124 valence electrons. The summed E-state index contributed by atoms with van der Waals surface area (Å²) in [5.41, 5.74) is 0.658. The second-order valence-corrected chi connectivity index (χ2v) is 6.80. The third-order valence-electron chi connectivity index (χ3n) is 5.28. The third-order valence-corrected chi connectivity index (χ3v) is 5.28. The Labute approximate surface area is 140 Å². The SMILES string of the molecule is O=C(NC1CCC2C(=O)CCNC2C1)c1ccc2ccncc2c1. The number of nitrogens with one attached hydrogen (secondary N) is 2. The van der Waals surface area contributed by atoms with E-state index in [1.54, 1.807) is 12.4 Å². The van der Waals surface area contributed by atoms with Crippen molar-refractivity contribution in [2.24, 2.45) is 5.92 Å². The number of hydrogen-bond donors (Lipinski definition) is 2. The lowest BCUT2D eigenvalue weighted by Crippen LogP contribution is -2.53. The van der Waals surface area contributed by atoms with Crippen molar-refractivity contribution in [3.05, 3.63) is 42.2 Å². The first-order valence-electron chi connectivity index (χ1n) is 8.61. The van der Waals surface area contributed by atoms with Gasteiger partial charge in [-0.05, 0) is 42.8 Å². The van der Waals surface area contributed by atoms with Crippen LogP contribution in [-0.4, -0.2) is 35.3 Å². The molecule has 5 heteroatoms. The van der Waals surface area contributed by atoms with Crippen molar-refractivity contribution in [2.75, 3.05) is 6.54 Å². The van der Waals surface area contributed by atoms with Crippen LogP contribution in [0.15, 0.2) is 36.7 Å². The average molecular weight is 323 g/mol. The summed E-state index contributed by atoms with van der Waals surface area (Å²) >= 11 is 0. The van der Waals surface area contributed by atoms with E-state index in [2.05, 4.69) is 15.6 Å². The summed E-state index contributed by atoms with van der Waals surface area (Å²) in [5.74, 6) is 0.468. The van der Waals surface area contributed by atoms with Gasteiger partial charge in [-0.15, -0.1) is 0 Å². The maximum Gasteiger partial charge on any atom is 0.251 e. The standard InChI is InChI=1S/C19H21N3O2/c23-18-6-8-21-17-10-15(3-4-16(17)18)22-19(24)13-2-1-12-5-7-20-11-14(12)9-13/h1-2,5,7,9,11,15-17,21H,3-4,6,8,10H2,(H,22,24). The number of hydrogen-bond acceptors (Lipinski definition) is 4. The first kappa shape index (κ1) is 15.3. The third kappa shape index (κ3) is 2.91. The molecule has 2 aliphatic rings. The molecule has 4 rings (SSSR count). The zero-order valence-electron chi connectivity index (χ0n) is 13.5. The molecule has 0 spiro atoms. The number of fused-ring (bicyclic) bond motifs is 2. The monoisotopic (exact) mass is 323 g/mol. The molecule has 2 N–H and O–H groups in total. The second-order valence-electron chi connectivity index (χ2n) is 6.80. The summed E-state index contributed by atoms with van der Waals surface area (Å²) in [4.78, 5) is 28.6. The number of piperidine rings is 1. The summed E-state index contributed by atoms with van der Waals surface area (Å²) < 4.78 is 0. The van der Waals surface area contributed by atoms with Gasteiger partial charge >= 0.3 is 0 Å². The molecular weight excluding hydrogens is 302 g/mol. The van der Waals surface area contributed by atoms with Gasteiger partial charge in [0, 0.05) is 54.3 Å². The molecule has 2 fully saturated rings. The Hall–Kier alpha value is -2.27. The van der Waals surface area contributed by atoms with E-state index in [4.69, 9.17) is 0 Å². The van der Waals surface area contributed by atoms with Crippen LogP contribution >= 0.6 is 0 Å². The fourth-order valence-electron chi connectivity index (χ4n) is 3.97. The van der Waals surface area contributed by atoms with E-state index in [0.29, 0.717) is 17.8 Å². The zero-order chi connectivity index (χ0) is 16.5. The van der Waals surface area contributed by atoms with Crippen molar-refractivity contribution in [1.29, 1.82) is 0 Å². The van der Waals surface area contributed by atoms with Crippen LogP contribution in [0.1, 0.15) is 36.0 Å². The molecule has 24 heavy (non-hydrogen) atoms. The maximum absolute atomic E-state index is 12.6. The second kappa shape index (κ2) is 6.32. The van der Waals surface area contributed by atoms with Crippen molar-refractivity contribution < 1.29 is 9.59 Å². The Bertz CT molecular complexity index is 789. The number of amides is 1.